The first kappa shape index (κ1) is 16.5. The largest absolute Gasteiger partial charge is 0.495 e. The van der Waals surface area contributed by atoms with Crippen molar-refractivity contribution in [1.29, 1.82) is 0 Å². The molecule has 1 aromatic rings. The predicted molar refractivity (Wildman–Crippen MR) is 73.0 cm³/mol. The van der Waals surface area contributed by atoms with Gasteiger partial charge in [-0.2, -0.15) is 0 Å². The van der Waals surface area contributed by atoms with Crippen molar-refractivity contribution in [2.45, 2.75) is 19.9 Å². The molecule has 5 heteroatoms. The highest BCUT2D eigenvalue weighted by Crippen LogP contribution is 2.34. The zero-order valence-electron chi connectivity index (χ0n) is 10.2. The van der Waals surface area contributed by atoms with Gasteiger partial charge in [0.1, 0.15) is 5.75 Å². The summed E-state index contributed by atoms with van der Waals surface area (Å²) in [5.41, 5.74) is 6.63. The van der Waals surface area contributed by atoms with Gasteiger partial charge in [0.2, 0.25) is 0 Å². The van der Waals surface area contributed by atoms with Crippen molar-refractivity contribution in [1.82, 2.24) is 0 Å². The quantitative estimate of drug-likeness (QED) is 0.891. The van der Waals surface area contributed by atoms with Crippen molar-refractivity contribution in [3.63, 3.8) is 0 Å². The van der Waals surface area contributed by atoms with Crippen LogP contribution in [0.1, 0.15) is 25.5 Å². The van der Waals surface area contributed by atoms with Crippen LogP contribution in [-0.4, -0.2) is 18.8 Å². The maximum Gasteiger partial charge on any atom is 0.137 e. The van der Waals surface area contributed by atoms with Crippen LogP contribution in [0.3, 0.4) is 0 Å². The van der Waals surface area contributed by atoms with Crippen LogP contribution in [0.4, 0.5) is 0 Å². The molecule has 3 N–H and O–H groups in total. The fourth-order valence-electron chi connectivity index (χ4n) is 1.42. The Bertz CT molecular complexity index is 370. The lowest BCUT2D eigenvalue weighted by atomic mass is 9.82. The Morgan fingerprint density at radius 1 is 1.47 bits per heavy atom. The van der Waals surface area contributed by atoms with Gasteiger partial charge in [-0.15, -0.1) is 12.4 Å². The summed E-state index contributed by atoms with van der Waals surface area (Å²) < 4.78 is 5.13. The van der Waals surface area contributed by atoms with E-state index in [1.165, 1.54) is 0 Å². The third-order valence-corrected chi connectivity index (χ3v) is 3.10. The van der Waals surface area contributed by atoms with E-state index >= 15 is 0 Å². The van der Waals surface area contributed by atoms with Crippen LogP contribution in [0.15, 0.2) is 18.2 Å². The first-order valence-electron chi connectivity index (χ1n) is 5.12. The third-order valence-electron chi connectivity index (χ3n) is 2.78. The number of aliphatic hydroxyl groups excluding tert-OH is 1. The molecule has 3 nitrogen and oxygen atoms in total. The van der Waals surface area contributed by atoms with E-state index in [-0.39, 0.29) is 30.5 Å². The molecule has 0 radical (unpaired) electrons. The zero-order chi connectivity index (χ0) is 12.3. The number of methoxy groups -OCH3 is 1. The molecule has 0 unspecified atom stereocenters. The van der Waals surface area contributed by atoms with Crippen LogP contribution in [-0.2, 0) is 0 Å². The number of halogens is 2. The molecule has 0 saturated heterocycles. The van der Waals surface area contributed by atoms with Gasteiger partial charge < -0.3 is 15.6 Å². The summed E-state index contributed by atoms with van der Waals surface area (Å²) in [6, 6.07) is 5.16. The molecule has 1 rings (SSSR count). The third kappa shape index (κ3) is 3.75. The Morgan fingerprint density at radius 2 is 2.06 bits per heavy atom. The lowest BCUT2D eigenvalue weighted by Crippen LogP contribution is -2.32. The molecule has 1 aromatic carbocycles. The van der Waals surface area contributed by atoms with Gasteiger partial charge in [0, 0.05) is 18.1 Å². The summed E-state index contributed by atoms with van der Waals surface area (Å²) in [5, 5.41) is 9.83. The number of hydrogen-bond donors (Lipinski definition) is 2. The average Bonchev–Trinajstić information content (AvgIpc) is 2.28. The van der Waals surface area contributed by atoms with E-state index in [0.29, 0.717) is 10.8 Å². The van der Waals surface area contributed by atoms with E-state index in [1.807, 2.05) is 26.0 Å². The number of benzene rings is 1. The smallest absolute Gasteiger partial charge is 0.137 e. The van der Waals surface area contributed by atoms with E-state index in [1.54, 1.807) is 13.2 Å². The minimum absolute atomic E-state index is 0. The molecule has 0 aliphatic heterocycles. The maximum absolute atomic E-state index is 9.27. The second-order valence-electron chi connectivity index (χ2n) is 4.52. The molecule has 0 aromatic heterocycles. The lowest BCUT2D eigenvalue weighted by molar-refractivity contribution is 0.132. The molecule has 0 amide bonds. The monoisotopic (exact) mass is 279 g/mol. The second-order valence-corrected chi connectivity index (χ2v) is 4.93. The molecule has 0 aliphatic carbocycles. The van der Waals surface area contributed by atoms with E-state index in [4.69, 9.17) is 22.1 Å². The van der Waals surface area contributed by atoms with Gasteiger partial charge in [-0.3, -0.25) is 0 Å². The first-order chi connectivity index (χ1) is 7.42. The Balaban J connectivity index is 0.00000256. The Morgan fingerprint density at radius 3 is 2.53 bits per heavy atom. The number of ether oxygens (including phenoxy) is 1. The highest BCUT2D eigenvalue weighted by atomic mass is 35.5. The summed E-state index contributed by atoms with van der Waals surface area (Å²) in [6.45, 7) is 3.86. The van der Waals surface area contributed by atoms with E-state index in [9.17, 15) is 5.11 Å². The van der Waals surface area contributed by atoms with Crippen LogP contribution in [0.5, 0.6) is 5.75 Å². The topological polar surface area (TPSA) is 55.5 Å². The fraction of sp³-hybridized carbons (Fsp3) is 0.500. The van der Waals surface area contributed by atoms with Crippen LogP contribution < -0.4 is 10.5 Å². The van der Waals surface area contributed by atoms with Crippen molar-refractivity contribution in [3.05, 3.63) is 28.8 Å². The summed E-state index contributed by atoms with van der Waals surface area (Å²) in [7, 11) is 1.56. The highest BCUT2D eigenvalue weighted by Gasteiger charge is 2.27. The minimum atomic E-state index is -0.376. The van der Waals surface area contributed by atoms with Crippen molar-refractivity contribution < 1.29 is 9.84 Å². The maximum atomic E-state index is 9.27. The Labute approximate surface area is 113 Å². The summed E-state index contributed by atoms with van der Waals surface area (Å²) in [6.07, 6.45) is 0. The first-order valence-corrected chi connectivity index (χ1v) is 5.50. The molecule has 0 aliphatic rings. The standard InChI is InChI=1S/C12H18ClNO2.ClH/c1-12(2,7-15)11(14)8-4-5-9(13)10(6-8)16-3;/h4-6,11,15H,7,14H2,1-3H3;1H/t11-;/m1./s1. The fourth-order valence-corrected chi connectivity index (χ4v) is 1.61. The van der Waals surface area contributed by atoms with Crippen LogP contribution in [0.2, 0.25) is 5.02 Å². The minimum Gasteiger partial charge on any atom is -0.495 e. The van der Waals surface area contributed by atoms with Gasteiger partial charge in [0.25, 0.3) is 0 Å². The van der Waals surface area contributed by atoms with Crippen molar-refractivity contribution in [2.75, 3.05) is 13.7 Å². The molecule has 0 spiro atoms. The van der Waals surface area contributed by atoms with Crippen LogP contribution in [0.25, 0.3) is 0 Å². The van der Waals surface area contributed by atoms with Gasteiger partial charge >= 0.3 is 0 Å². The number of aliphatic hydroxyl groups is 1. The van der Waals surface area contributed by atoms with Gasteiger partial charge in [0.15, 0.2) is 0 Å². The van der Waals surface area contributed by atoms with Gasteiger partial charge in [-0.25, -0.2) is 0 Å². The molecular weight excluding hydrogens is 261 g/mol. The van der Waals surface area contributed by atoms with Gasteiger partial charge in [-0.1, -0.05) is 31.5 Å². The summed E-state index contributed by atoms with van der Waals surface area (Å²) in [4.78, 5) is 0. The van der Waals surface area contributed by atoms with Crippen LogP contribution in [0, 0.1) is 5.41 Å². The number of hydrogen-bond acceptors (Lipinski definition) is 3. The van der Waals surface area contributed by atoms with Gasteiger partial charge in [0.05, 0.1) is 12.1 Å². The second kappa shape index (κ2) is 6.45. The summed E-state index contributed by atoms with van der Waals surface area (Å²) in [5.74, 6) is 0.600. The predicted octanol–water partition coefficient (Wildman–Crippen LogP) is 2.79. The molecule has 98 valence electrons. The van der Waals surface area contributed by atoms with E-state index in [2.05, 4.69) is 0 Å². The molecule has 0 bridgehead atoms. The van der Waals surface area contributed by atoms with Gasteiger partial charge in [-0.05, 0) is 17.7 Å². The van der Waals surface area contributed by atoms with Crippen molar-refractivity contribution >= 4 is 24.0 Å². The number of rotatable bonds is 4. The Kier molecular flexibility index (Phi) is 6.27. The average molecular weight is 280 g/mol. The van der Waals surface area contributed by atoms with Crippen molar-refractivity contribution in [2.24, 2.45) is 11.1 Å². The summed E-state index contributed by atoms with van der Waals surface area (Å²) >= 11 is 5.93. The molecule has 17 heavy (non-hydrogen) atoms. The molecule has 1 atom stereocenters. The SMILES string of the molecule is COc1cc([C@@H](N)C(C)(C)CO)ccc1Cl.Cl. The zero-order valence-corrected chi connectivity index (χ0v) is 11.8. The normalized spacial score (nSPS) is 12.8. The van der Waals surface area contributed by atoms with E-state index in [0.717, 1.165) is 5.56 Å². The lowest BCUT2D eigenvalue weighted by Gasteiger charge is -2.30. The Hall–Kier alpha value is -0.480. The van der Waals surface area contributed by atoms with Crippen molar-refractivity contribution in [3.8, 4) is 5.75 Å². The molecule has 0 heterocycles. The number of nitrogens with two attached hydrogens (primary N) is 1. The van der Waals surface area contributed by atoms with Crippen LogP contribution >= 0.6 is 24.0 Å². The molecule has 0 fully saturated rings. The van der Waals surface area contributed by atoms with E-state index < -0.39 is 0 Å². The molecular formula is C12H19Cl2NO2. The highest BCUT2D eigenvalue weighted by molar-refractivity contribution is 6.32. The molecule has 0 saturated carbocycles.